The number of hydrogen-bond acceptors (Lipinski definition) is 4. The van der Waals surface area contributed by atoms with Crippen LogP contribution in [0.1, 0.15) is 33.4 Å². The molecular formula is C14H20ClN3OS. The van der Waals surface area contributed by atoms with E-state index in [9.17, 15) is 0 Å². The molecule has 0 atom stereocenters. The maximum absolute atomic E-state index is 6.16. The van der Waals surface area contributed by atoms with Crippen LogP contribution >= 0.6 is 22.9 Å². The first-order valence-electron chi connectivity index (χ1n) is 6.77. The summed E-state index contributed by atoms with van der Waals surface area (Å²) in [6, 6.07) is 0. The molecule has 0 amide bonds. The molecule has 0 aromatic carbocycles. The van der Waals surface area contributed by atoms with E-state index in [0.29, 0.717) is 5.88 Å². The molecule has 0 aliphatic carbocycles. The van der Waals surface area contributed by atoms with Crippen molar-refractivity contribution in [1.29, 1.82) is 0 Å². The van der Waals surface area contributed by atoms with Gasteiger partial charge < -0.3 is 9.64 Å². The number of halogens is 1. The molecule has 6 heteroatoms. The zero-order valence-corrected chi connectivity index (χ0v) is 13.9. The van der Waals surface area contributed by atoms with Crippen molar-refractivity contribution in [3.05, 3.63) is 17.3 Å². The van der Waals surface area contributed by atoms with E-state index in [-0.39, 0.29) is 11.2 Å². The summed E-state index contributed by atoms with van der Waals surface area (Å²) >= 11 is 7.79. The molecule has 0 saturated carbocycles. The van der Waals surface area contributed by atoms with Gasteiger partial charge in [0, 0.05) is 24.7 Å². The van der Waals surface area contributed by atoms with Gasteiger partial charge in [-0.1, -0.05) is 0 Å². The van der Waals surface area contributed by atoms with Crippen molar-refractivity contribution < 1.29 is 4.74 Å². The number of rotatable bonds is 2. The van der Waals surface area contributed by atoms with Crippen LogP contribution in [0.15, 0.2) is 11.6 Å². The SMILES string of the molecule is CC1(C)CN(c2nc3sccn3c2CCl)CC(C)(C)O1. The minimum absolute atomic E-state index is 0.192. The number of aromatic nitrogens is 2. The van der Waals surface area contributed by atoms with Crippen LogP contribution in [-0.4, -0.2) is 33.7 Å². The van der Waals surface area contributed by atoms with Gasteiger partial charge in [0.1, 0.15) is 0 Å². The van der Waals surface area contributed by atoms with Gasteiger partial charge in [0.05, 0.1) is 22.8 Å². The Bertz CT molecular complexity index is 615. The fourth-order valence-corrected chi connectivity index (χ4v) is 4.11. The molecule has 0 radical (unpaired) electrons. The first kappa shape index (κ1) is 14.2. The summed E-state index contributed by atoms with van der Waals surface area (Å²) in [7, 11) is 0. The van der Waals surface area contributed by atoms with Gasteiger partial charge in [0.15, 0.2) is 10.8 Å². The standard InChI is InChI=1S/C14H20ClN3OS/c1-13(2)8-17(9-14(3,4)19-13)11-10(7-15)18-5-6-20-12(18)16-11/h5-6H,7-9H2,1-4H3. The molecule has 20 heavy (non-hydrogen) atoms. The van der Waals surface area contributed by atoms with E-state index in [1.165, 1.54) is 0 Å². The van der Waals surface area contributed by atoms with Crippen molar-refractivity contribution in [1.82, 2.24) is 9.38 Å². The number of thiazole rings is 1. The molecule has 2 aromatic rings. The number of alkyl halides is 1. The van der Waals surface area contributed by atoms with Gasteiger partial charge in [-0.25, -0.2) is 4.98 Å². The number of anilines is 1. The molecule has 1 aliphatic rings. The average molecular weight is 314 g/mol. The van der Waals surface area contributed by atoms with Crippen LogP contribution in [0.4, 0.5) is 5.82 Å². The average Bonchev–Trinajstić information content (AvgIpc) is 2.82. The largest absolute Gasteiger partial charge is 0.366 e. The Morgan fingerprint density at radius 3 is 2.55 bits per heavy atom. The Kier molecular flexibility index (Phi) is 3.27. The Morgan fingerprint density at radius 2 is 1.95 bits per heavy atom. The fourth-order valence-electron chi connectivity index (χ4n) is 3.14. The van der Waals surface area contributed by atoms with Crippen LogP contribution in [0, 0.1) is 0 Å². The van der Waals surface area contributed by atoms with E-state index < -0.39 is 0 Å². The Morgan fingerprint density at radius 1 is 1.30 bits per heavy atom. The molecule has 2 aromatic heterocycles. The second-order valence-corrected chi connectivity index (χ2v) is 7.69. The zero-order chi connectivity index (χ0) is 14.5. The van der Waals surface area contributed by atoms with Crippen LogP contribution in [-0.2, 0) is 10.6 Å². The first-order valence-corrected chi connectivity index (χ1v) is 8.18. The minimum Gasteiger partial charge on any atom is -0.366 e. The Hall–Kier alpha value is -0.780. The summed E-state index contributed by atoms with van der Waals surface area (Å²) in [4.78, 5) is 8.07. The quantitative estimate of drug-likeness (QED) is 0.794. The maximum atomic E-state index is 6.16. The molecule has 0 spiro atoms. The van der Waals surface area contributed by atoms with E-state index in [0.717, 1.165) is 29.6 Å². The first-order chi connectivity index (χ1) is 9.31. The summed E-state index contributed by atoms with van der Waals surface area (Å²) < 4.78 is 8.22. The molecule has 4 nitrogen and oxygen atoms in total. The summed E-state index contributed by atoms with van der Waals surface area (Å²) in [5.74, 6) is 1.46. The van der Waals surface area contributed by atoms with Crippen molar-refractivity contribution in [2.45, 2.75) is 44.8 Å². The molecule has 1 saturated heterocycles. The molecule has 110 valence electrons. The van der Waals surface area contributed by atoms with Crippen molar-refractivity contribution >= 4 is 33.7 Å². The summed E-state index contributed by atoms with van der Waals surface area (Å²) in [6.07, 6.45) is 2.03. The normalized spacial score (nSPS) is 21.6. The third-order valence-corrected chi connectivity index (χ3v) is 4.47. The highest BCUT2D eigenvalue weighted by Gasteiger charge is 2.39. The van der Waals surface area contributed by atoms with Gasteiger partial charge in [-0.15, -0.1) is 22.9 Å². The minimum atomic E-state index is -0.192. The van der Waals surface area contributed by atoms with Crippen LogP contribution < -0.4 is 4.90 Å². The van der Waals surface area contributed by atoms with Crippen LogP contribution in [0.25, 0.3) is 4.96 Å². The van der Waals surface area contributed by atoms with Gasteiger partial charge in [-0.05, 0) is 27.7 Å². The molecule has 3 heterocycles. The predicted molar refractivity (Wildman–Crippen MR) is 84.1 cm³/mol. The number of nitrogens with zero attached hydrogens (tertiary/aromatic N) is 3. The predicted octanol–water partition coefficient (Wildman–Crippen LogP) is 3.53. The monoisotopic (exact) mass is 313 g/mol. The lowest BCUT2D eigenvalue weighted by Gasteiger charge is -2.47. The third kappa shape index (κ3) is 2.43. The summed E-state index contributed by atoms with van der Waals surface area (Å²) in [5, 5.41) is 2.04. The third-order valence-electron chi connectivity index (χ3n) is 3.46. The fraction of sp³-hybridized carbons (Fsp3) is 0.643. The van der Waals surface area contributed by atoms with Crippen LogP contribution in [0.2, 0.25) is 0 Å². The highest BCUT2D eigenvalue weighted by atomic mass is 35.5. The molecule has 0 unspecified atom stereocenters. The molecule has 3 rings (SSSR count). The molecule has 0 N–H and O–H groups in total. The lowest BCUT2D eigenvalue weighted by atomic mass is 9.99. The van der Waals surface area contributed by atoms with Crippen molar-refractivity contribution in [3.63, 3.8) is 0 Å². The van der Waals surface area contributed by atoms with E-state index in [1.54, 1.807) is 11.3 Å². The van der Waals surface area contributed by atoms with Crippen molar-refractivity contribution in [2.24, 2.45) is 0 Å². The van der Waals surface area contributed by atoms with Crippen LogP contribution in [0.5, 0.6) is 0 Å². The van der Waals surface area contributed by atoms with E-state index in [4.69, 9.17) is 21.3 Å². The number of hydrogen-bond donors (Lipinski definition) is 0. The Labute approximate surface area is 128 Å². The molecule has 1 aliphatic heterocycles. The second-order valence-electron chi connectivity index (χ2n) is 6.55. The van der Waals surface area contributed by atoms with Crippen LogP contribution in [0.3, 0.4) is 0 Å². The smallest absolute Gasteiger partial charge is 0.195 e. The summed E-state index contributed by atoms with van der Waals surface area (Å²) in [5.41, 5.74) is 0.682. The maximum Gasteiger partial charge on any atom is 0.195 e. The number of imidazole rings is 1. The van der Waals surface area contributed by atoms with Gasteiger partial charge in [0.25, 0.3) is 0 Å². The highest BCUT2D eigenvalue weighted by Crippen LogP contribution is 2.34. The van der Waals surface area contributed by atoms with E-state index in [1.807, 2.05) is 11.6 Å². The lowest BCUT2D eigenvalue weighted by Crippen LogP contribution is -2.57. The number of morpholine rings is 1. The van der Waals surface area contributed by atoms with E-state index in [2.05, 4.69) is 37.0 Å². The lowest BCUT2D eigenvalue weighted by molar-refractivity contribution is -0.133. The van der Waals surface area contributed by atoms with Gasteiger partial charge in [-0.3, -0.25) is 4.40 Å². The van der Waals surface area contributed by atoms with Gasteiger partial charge in [0.2, 0.25) is 0 Å². The number of fused-ring (bicyclic) bond motifs is 1. The second kappa shape index (κ2) is 4.61. The molecule has 0 bridgehead atoms. The zero-order valence-electron chi connectivity index (χ0n) is 12.3. The molecule has 1 fully saturated rings. The van der Waals surface area contributed by atoms with Crippen molar-refractivity contribution in [2.75, 3.05) is 18.0 Å². The summed E-state index contributed by atoms with van der Waals surface area (Å²) in [6.45, 7) is 10.1. The topological polar surface area (TPSA) is 29.8 Å². The Balaban J connectivity index is 2.03. The van der Waals surface area contributed by atoms with Gasteiger partial charge in [-0.2, -0.15) is 0 Å². The number of ether oxygens (including phenoxy) is 1. The van der Waals surface area contributed by atoms with Gasteiger partial charge >= 0.3 is 0 Å². The van der Waals surface area contributed by atoms with E-state index >= 15 is 0 Å². The molecular weight excluding hydrogens is 294 g/mol. The highest BCUT2D eigenvalue weighted by molar-refractivity contribution is 7.15. The van der Waals surface area contributed by atoms with Crippen molar-refractivity contribution in [3.8, 4) is 0 Å².